The predicted molar refractivity (Wildman–Crippen MR) is 83.5 cm³/mol. The van der Waals surface area contributed by atoms with Crippen LogP contribution in [0.4, 0.5) is 0 Å². The standard InChI is InChI=1S/C15H28N2O3S/c1-10(9-21(3,19)20)17(2)15(18)13-7-11-5-4-6-12(8-13)14(11)16/h10-14H,4-9,16H2,1-3H3. The van der Waals surface area contributed by atoms with Crippen LogP contribution in [0, 0.1) is 17.8 Å². The third-order valence-corrected chi connectivity index (χ3v) is 6.40. The third-order valence-electron chi connectivity index (χ3n) is 5.32. The molecule has 6 heteroatoms. The Labute approximate surface area is 128 Å². The Balaban J connectivity index is 2.00. The zero-order valence-corrected chi connectivity index (χ0v) is 14.1. The first-order valence-corrected chi connectivity index (χ1v) is 9.95. The minimum absolute atomic E-state index is 0.0205. The van der Waals surface area contributed by atoms with Gasteiger partial charge in [-0.2, -0.15) is 0 Å². The van der Waals surface area contributed by atoms with Gasteiger partial charge in [0, 0.05) is 31.3 Å². The van der Waals surface area contributed by atoms with E-state index in [-0.39, 0.29) is 29.7 Å². The average Bonchev–Trinajstić information content (AvgIpc) is 2.34. The van der Waals surface area contributed by atoms with Gasteiger partial charge in [0.15, 0.2) is 0 Å². The van der Waals surface area contributed by atoms with Crippen molar-refractivity contribution in [1.29, 1.82) is 0 Å². The second-order valence-electron chi connectivity index (χ2n) is 7.09. The van der Waals surface area contributed by atoms with Crippen molar-refractivity contribution in [2.75, 3.05) is 19.1 Å². The fourth-order valence-corrected chi connectivity index (χ4v) is 5.15. The van der Waals surface area contributed by atoms with Gasteiger partial charge in [-0.1, -0.05) is 6.42 Å². The molecule has 2 fully saturated rings. The lowest BCUT2D eigenvalue weighted by Crippen LogP contribution is -2.50. The molecule has 122 valence electrons. The van der Waals surface area contributed by atoms with E-state index in [1.54, 1.807) is 18.9 Å². The molecule has 2 bridgehead atoms. The van der Waals surface area contributed by atoms with E-state index in [0.717, 1.165) is 25.7 Å². The van der Waals surface area contributed by atoms with Gasteiger partial charge < -0.3 is 10.6 Å². The zero-order chi connectivity index (χ0) is 15.8. The van der Waals surface area contributed by atoms with E-state index in [1.165, 1.54) is 12.7 Å². The molecule has 0 aliphatic heterocycles. The second kappa shape index (κ2) is 6.24. The van der Waals surface area contributed by atoms with Crippen LogP contribution in [0.1, 0.15) is 39.0 Å². The normalized spacial score (nSPS) is 34.3. The summed E-state index contributed by atoms with van der Waals surface area (Å²) in [5.74, 6) is 1.06. The topological polar surface area (TPSA) is 80.5 Å². The lowest BCUT2D eigenvalue weighted by molar-refractivity contribution is -0.138. The van der Waals surface area contributed by atoms with Crippen LogP contribution in [0.3, 0.4) is 0 Å². The highest BCUT2D eigenvalue weighted by molar-refractivity contribution is 7.90. The number of nitrogens with two attached hydrogens (primary N) is 1. The predicted octanol–water partition coefficient (Wildman–Crippen LogP) is 1.03. The van der Waals surface area contributed by atoms with Crippen LogP contribution in [0.15, 0.2) is 0 Å². The quantitative estimate of drug-likeness (QED) is 0.840. The van der Waals surface area contributed by atoms with Crippen molar-refractivity contribution in [1.82, 2.24) is 4.90 Å². The van der Waals surface area contributed by atoms with Crippen molar-refractivity contribution in [2.45, 2.75) is 51.1 Å². The van der Waals surface area contributed by atoms with E-state index in [2.05, 4.69) is 0 Å². The van der Waals surface area contributed by atoms with Crippen LogP contribution in [-0.4, -0.2) is 50.4 Å². The van der Waals surface area contributed by atoms with E-state index >= 15 is 0 Å². The molecule has 0 heterocycles. The van der Waals surface area contributed by atoms with Gasteiger partial charge in [0.25, 0.3) is 0 Å². The van der Waals surface area contributed by atoms with E-state index < -0.39 is 9.84 Å². The number of carbonyl (C=O) groups is 1. The number of amides is 1. The molecular weight excluding hydrogens is 288 g/mol. The Morgan fingerprint density at radius 3 is 2.29 bits per heavy atom. The van der Waals surface area contributed by atoms with Gasteiger partial charge in [0.1, 0.15) is 9.84 Å². The lowest BCUT2D eigenvalue weighted by Gasteiger charge is -2.44. The minimum Gasteiger partial charge on any atom is -0.342 e. The van der Waals surface area contributed by atoms with Gasteiger partial charge in [-0.05, 0) is 44.4 Å². The number of carbonyl (C=O) groups excluding carboxylic acids is 1. The molecule has 0 aromatic heterocycles. The van der Waals surface area contributed by atoms with E-state index in [0.29, 0.717) is 11.8 Å². The first-order valence-electron chi connectivity index (χ1n) is 7.89. The molecule has 2 rings (SSSR count). The van der Waals surface area contributed by atoms with Gasteiger partial charge in [0.05, 0.1) is 5.75 Å². The molecule has 5 nitrogen and oxygen atoms in total. The summed E-state index contributed by atoms with van der Waals surface area (Å²) >= 11 is 0. The number of sulfone groups is 1. The molecule has 21 heavy (non-hydrogen) atoms. The first kappa shape index (κ1) is 16.7. The van der Waals surface area contributed by atoms with Gasteiger partial charge in [0.2, 0.25) is 5.91 Å². The molecule has 2 saturated carbocycles. The van der Waals surface area contributed by atoms with Crippen molar-refractivity contribution in [2.24, 2.45) is 23.5 Å². The van der Waals surface area contributed by atoms with Gasteiger partial charge in [-0.15, -0.1) is 0 Å². The molecule has 1 amide bonds. The highest BCUT2D eigenvalue weighted by Crippen LogP contribution is 2.42. The third kappa shape index (κ3) is 3.97. The molecular formula is C15H28N2O3S. The molecule has 3 unspecified atom stereocenters. The van der Waals surface area contributed by atoms with Crippen molar-refractivity contribution in [3.8, 4) is 0 Å². The smallest absolute Gasteiger partial charge is 0.225 e. The van der Waals surface area contributed by atoms with Gasteiger partial charge in [-0.3, -0.25) is 4.79 Å². The average molecular weight is 316 g/mol. The maximum atomic E-state index is 12.7. The summed E-state index contributed by atoms with van der Waals surface area (Å²) in [5.41, 5.74) is 6.26. The summed E-state index contributed by atoms with van der Waals surface area (Å²) in [5, 5.41) is 0. The van der Waals surface area contributed by atoms with Crippen LogP contribution in [0.5, 0.6) is 0 Å². The molecule has 0 aromatic rings. The Morgan fingerprint density at radius 2 is 1.81 bits per heavy atom. The Kier molecular flexibility index (Phi) is 4.98. The van der Waals surface area contributed by atoms with E-state index in [9.17, 15) is 13.2 Å². The van der Waals surface area contributed by atoms with E-state index in [1.807, 2.05) is 0 Å². The molecule has 0 spiro atoms. The fraction of sp³-hybridized carbons (Fsp3) is 0.933. The summed E-state index contributed by atoms with van der Waals surface area (Å²) in [4.78, 5) is 14.3. The van der Waals surface area contributed by atoms with Crippen LogP contribution >= 0.6 is 0 Å². The summed E-state index contributed by atoms with van der Waals surface area (Å²) in [6.45, 7) is 1.80. The second-order valence-corrected chi connectivity index (χ2v) is 9.27. The summed E-state index contributed by atoms with van der Waals surface area (Å²) in [7, 11) is -1.35. The number of hydrogen-bond acceptors (Lipinski definition) is 4. The van der Waals surface area contributed by atoms with Crippen molar-refractivity contribution in [3.05, 3.63) is 0 Å². The highest BCUT2D eigenvalue weighted by Gasteiger charge is 2.41. The van der Waals surface area contributed by atoms with E-state index in [4.69, 9.17) is 5.73 Å². The van der Waals surface area contributed by atoms with Crippen LogP contribution in [0.25, 0.3) is 0 Å². The highest BCUT2D eigenvalue weighted by atomic mass is 32.2. The summed E-state index contributed by atoms with van der Waals surface area (Å²) in [6, 6.07) is -0.0236. The molecule has 3 atom stereocenters. The van der Waals surface area contributed by atoms with Crippen molar-refractivity contribution >= 4 is 15.7 Å². The Morgan fingerprint density at radius 1 is 1.29 bits per heavy atom. The van der Waals surface area contributed by atoms with Crippen LogP contribution in [0.2, 0.25) is 0 Å². The SMILES string of the molecule is CC(CS(C)(=O)=O)N(C)C(=O)C1CC2CCCC(C1)C2N. The zero-order valence-electron chi connectivity index (χ0n) is 13.3. The Hall–Kier alpha value is -0.620. The minimum atomic E-state index is -3.07. The molecule has 0 aromatic carbocycles. The molecule has 2 aliphatic rings. The molecule has 2 aliphatic carbocycles. The lowest BCUT2D eigenvalue weighted by atomic mass is 9.65. The maximum Gasteiger partial charge on any atom is 0.225 e. The maximum absolute atomic E-state index is 12.7. The number of rotatable bonds is 4. The largest absolute Gasteiger partial charge is 0.342 e. The van der Waals surface area contributed by atoms with Crippen LogP contribution < -0.4 is 5.73 Å². The van der Waals surface area contributed by atoms with Crippen LogP contribution in [-0.2, 0) is 14.6 Å². The fourth-order valence-electron chi connectivity index (χ4n) is 4.05. The first-order chi connectivity index (χ1) is 9.69. The Bertz CT molecular complexity index is 477. The summed E-state index contributed by atoms with van der Waals surface area (Å²) in [6.07, 6.45) is 6.43. The molecule has 0 radical (unpaired) electrons. The number of nitrogens with zero attached hydrogens (tertiary/aromatic N) is 1. The number of fused-ring (bicyclic) bond motifs is 2. The molecule has 2 N–H and O–H groups in total. The van der Waals surface area contributed by atoms with Crippen molar-refractivity contribution in [3.63, 3.8) is 0 Å². The monoisotopic (exact) mass is 316 g/mol. The summed E-state index contributed by atoms with van der Waals surface area (Å²) < 4.78 is 22.8. The van der Waals surface area contributed by atoms with Gasteiger partial charge >= 0.3 is 0 Å². The number of hydrogen-bond donors (Lipinski definition) is 1. The van der Waals surface area contributed by atoms with Crippen molar-refractivity contribution < 1.29 is 13.2 Å². The molecule has 0 saturated heterocycles. The van der Waals surface area contributed by atoms with Gasteiger partial charge in [-0.25, -0.2) is 8.42 Å².